The molecule has 122 valence electrons. The maximum absolute atomic E-state index is 13.1. The van der Waals surface area contributed by atoms with E-state index in [0.29, 0.717) is 23.6 Å². The summed E-state index contributed by atoms with van der Waals surface area (Å²) in [6.07, 6.45) is 4.57. The molecule has 0 fully saturated rings. The molecule has 0 aliphatic heterocycles. The molecular weight excluding hydrogens is 300 g/mol. The Morgan fingerprint density at radius 3 is 2.61 bits per heavy atom. The second-order valence-corrected chi connectivity index (χ2v) is 5.15. The third-order valence-electron chi connectivity index (χ3n) is 3.28. The van der Waals surface area contributed by atoms with E-state index in [-0.39, 0.29) is 5.91 Å². The first-order valence-corrected chi connectivity index (χ1v) is 7.56. The number of hydrogen-bond donors (Lipinski definition) is 2. The van der Waals surface area contributed by atoms with Gasteiger partial charge in [-0.3, -0.25) is 4.79 Å². The lowest BCUT2D eigenvalue weighted by Gasteiger charge is -2.08. The van der Waals surface area contributed by atoms with E-state index in [1.807, 2.05) is 0 Å². The van der Waals surface area contributed by atoms with Gasteiger partial charge in [-0.05, 0) is 30.7 Å². The van der Waals surface area contributed by atoms with Crippen LogP contribution in [0.3, 0.4) is 0 Å². The Kier molecular flexibility index (Phi) is 6.02. The summed E-state index contributed by atoms with van der Waals surface area (Å²) < 4.78 is 26.0. The molecule has 4 nitrogen and oxygen atoms in total. The van der Waals surface area contributed by atoms with Crippen molar-refractivity contribution in [3.05, 3.63) is 53.7 Å². The molecule has 0 bridgehead atoms. The van der Waals surface area contributed by atoms with Gasteiger partial charge >= 0.3 is 0 Å². The molecule has 2 rings (SSSR count). The molecule has 2 aromatic rings. The Labute approximate surface area is 133 Å². The van der Waals surface area contributed by atoms with Gasteiger partial charge in [-0.2, -0.15) is 0 Å². The number of benzene rings is 1. The maximum atomic E-state index is 13.1. The smallest absolute Gasteiger partial charge is 0.252 e. The quantitative estimate of drug-likeness (QED) is 0.758. The molecule has 1 heterocycles. The van der Waals surface area contributed by atoms with Crippen molar-refractivity contribution in [2.75, 3.05) is 11.9 Å². The SMILES string of the molecule is CCCCCNC(=O)c1ccc(Nc2ccc(F)c(F)c2)nc1. The molecule has 1 aromatic carbocycles. The second-order valence-electron chi connectivity index (χ2n) is 5.15. The number of nitrogens with zero attached hydrogens (tertiary/aromatic N) is 1. The van der Waals surface area contributed by atoms with Crippen LogP contribution >= 0.6 is 0 Å². The topological polar surface area (TPSA) is 54.0 Å². The molecule has 0 aliphatic carbocycles. The highest BCUT2D eigenvalue weighted by molar-refractivity contribution is 5.94. The van der Waals surface area contributed by atoms with Gasteiger partial charge in [-0.15, -0.1) is 0 Å². The molecule has 0 atom stereocenters. The Morgan fingerprint density at radius 2 is 1.96 bits per heavy atom. The third-order valence-corrected chi connectivity index (χ3v) is 3.28. The number of aromatic nitrogens is 1. The van der Waals surface area contributed by atoms with E-state index in [1.165, 1.54) is 12.3 Å². The van der Waals surface area contributed by atoms with Crippen molar-refractivity contribution in [3.8, 4) is 0 Å². The molecule has 0 saturated carbocycles. The van der Waals surface area contributed by atoms with Crippen molar-refractivity contribution < 1.29 is 13.6 Å². The summed E-state index contributed by atoms with van der Waals surface area (Å²) >= 11 is 0. The predicted molar refractivity (Wildman–Crippen MR) is 85.7 cm³/mol. The summed E-state index contributed by atoms with van der Waals surface area (Å²) in [7, 11) is 0. The van der Waals surface area contributed by atoms with E-state index in [0.717, 1.165) is 31.4 Å². The largest absolute Gasteiger partial charge is 0.352 e. The van der Waals surface area contributed by atoms with Crippen LogP contribution in [0.1, 0.15) is 36.5 Å². The van der Waals surface area contributed by atoms with E-state index in [1.54, 1.807) is 12.1 Å². The molecule has 0 unspecified atom stereocenters. The number of hydrogen-bond acceptors (Lipinski definition) is 3. The first-order chi connectivity index (χ1) is 11.1. The average molecular weight is 319 g/mol. The molecule has 23 heavy (non-hydrogen) atoms. The fraction of sp³-hybridized carbons (Fsp3) is 0.294. The van der Waals surface area contributed by atoms with E-state index < -0.39 is 11.6 Å². The summed E-state index contributed by atoms with van der Waals surface area (Å²) in [5, 5.41) is 5.67. The lowest BCUT2D eigenvalue weighted by atomic mass is 10.2. The van der Waals surface area contributed by atoms with Crippen molar-refractivity contribution >= 4 is 17.4 Å². The summed E-state index contributed by atoms with van der Waals surface area (Å²) in [6.45, 7) is 2.74. The highest BCUT2D eigenvalue weighted by atomic mass is 19.2. The van der Waals surface area contributed by atoms with Crippen LogP contribution in [-0.2, 0) is 0 Å². The summed E-state index contributed by atoms with van der Waals surface area (Å²) in [4.78, 5) is 16.0. The second kappa shape index (κ2) is 8.22. The van der Waals surface area contributed by atoms with E-state index >= 15 is 0 Å². The van der Waals surface area contributed by atoms with Crippen LogP contribution < -0.4 is 10.6 Å². The van der Waals surface area contributed by atoms with Gasteiger partial charge in [0.05, 0.1) is 5.56 Å². The van der Waals surface area contributed by atoms with Crippen LogP contribution in [0.25, 0.3) is 0 Å². The average Bonchev–Trinajstić information content (AvgIpc) is 2.55. The number of halogens is 2. The normalized spacial score (nSPS) is 10.4. The van der Waals surface area contributed by atoms with Gasteiger partial charge in [0.25, 0.3) is 5.91 Å². The van der Waals surface area contributed by atoms with Crippen LogP contribution in [0, 0.1) is 11.6 Å². The number of pyridine rings is 1. The van der Waals surface area contributed by atoms with Crippen molar-refractivity contribution in [1.82, 2.24) is 10.3 Å². The molecule has 1 amide bonds. The van der Waals surface area contributed by atoms with Gasteiger partial charge < -0.3 is 10.6 Å². The monoisotopic (exact) mass is 319 g/mol. The van der Waals surface area contributed by atoms with Crippen LogP contribution in [-0.4, -0.2) is 17.4 Å². The fourth-order valence-electron chi connectivity index (χ4n) is 2.00. The molecule has 0 saturated heterocycles. The number of anilines is 2. The Morgan fingerprint density at radius 1 is 1.13 bits per heavy atom. The standard InChI is InChI=1S/C17H19F2N3O/c1-2-3-4-9-20-17(23)12-5-8-16(21-11-12)22-13-6-7-14(18)15(19)10-13/h5-8,10-11H,2-4,9H2,1H3,(H,20,23)(H,21,22). The molecular formula is C17H19F2N3O. The number of nitrogens with one attached hydrogen (secondary N) is 2. The third kappa shape index (κ3) is 5.02. The van der Waals surface area contributed by atoms with Gasteiger partial charge in [0.2, 0.25) is 0 Å². The summed E-state index contributed by atoms with van der Waals surface area (Å²) in [5.41, 5.74) is 0.838. The number of carbonyl (C=O) groups is 1. The lowest BCUT2D eigenvalue weighted by Crippen LogP contribution is -2.24. The minimum absolute atomic E-state index is 0.173. The van der Waals surface area contributed by atoms with E-state index in [4.69, 9.17) is 0 Å². The minimum atomic E-state index is -0.932. The summed E-state index contributed by atoms with van der Waals surface area (Å²) in [5.74, 6) is -1.57. The zero-order valence-electron chi connectivity index (χ0n) is 12.9. The zero-order valence-corrected chi connectivity index (χ0v) is 12.9. The van der Waals surface area contributed by atoms with Crippen molar-refractivity contribution in [2.24, 2.45) is 0 Å². The molecule has 0 spiro atoms. The van der Waals surface area contributed by atoms with Gasteiger partial charge in [0.1, 0.15) is 5.82 Å². The maximum Gasteiger partial charge on any atom is 0.252 e. The van der Waals surface area contributed by atoms with E-state index in [2.05, 4.69) is 22.5 Å². The summed E-state index contributed by atoms with van der Waals surface area (Å²) in [6, 6.07) is 6.74. The van der Waals surface area contributed by atoms with Gasteiger partial charge in [-0.1, -0.05) is 19.8 Å². The van der Waals surface area contributed by atoms with Crippen LogP contribution in [0.2, 0.25) is 0 Å². The molecule has 1 aromatic heterocycles. The number of rotatable bonds is 7. The van der Waals surface area contributed by atoms with Crippen LogP contribution in [0.5, 0.6) is 0 Å². The molecule has 6 heteroatoms. The molecule has 2 N–H and O–H groups in total. The molecule has 0 radical (unpaired) electrons. The van der Waals surface area contributed by atoms with Crippen molar-refractivity contribution in [3.63, 3.8) is 0 Å². The minimum Gasteiger partial charge on any atom is -0.352 e. The number of carbonyl (C=O) groups excluding carboxylic acids is 1. The van der Waals surface area contributed by atoms with Crippen molar-refractivity contribution in [2.45, 2.75) is 26.2 Å². The van der Waals surface area contributed by atoms with Crippen LogP contribution in [0.15, 0.2) is 36.5 Å². The number of amides is 1. The predicted octanol–water partition coefficient (Wildman–Crippen LogP) is 4.02. The van der Waals surface area contributed by atoms with Gasteiger partial charge in [-0.25, -0.2) is 13.8 Å². The lowest BCUT2D eigenvalue weighted by molar-refractivity contribution is 0.0952. The number of unbranched alkanes of at least 4 members (excludes halogenated alkanes) is 2. The fourth-order valence-corrected chi connectivity index (χ4v) is 2.00. The highest BCUT2D eigenvalue weighted by Crippen LogP contribution is 2.17. The van der Waals surface area contributed by atoms with Gasteiger partial charge in [0, 0.05) is 24.5 Å². The zero-order chi connectivity index (χ0) is 16.7. The Hall–Kier alpha value is -2.50. The van der Waals surface area contributed by atoms with Gasteiger partial charge in [0.15, 0.2) is 11.6 Å². The first-order valence-electron chi connectivity index (χ1n) is 7.56. The van der Waals surface area contributed by atoms with Crippen LogP contribution in [0.4, 0.5) is 20.3 Å². The molecule has 0 aliphatic rings. The Balaban J connectivity index is 1.93. The van der Waals surface area contributed by atoms with Crippen molar-refractivity contribution in [1.29, 1.82) is 0 Å². The first kappa shape index (κ1) is 16.9. The Bertz CT molecular complexity index is 659. The van der Waals surface area contributed by atoms with E-state index in [9.17, 15) is 13.6 Å². The highest BCUT2D eigenvalue weighted by Gasteiger charge is 2.07.